The van der Waals surface area contributed by atoms with Crippen LogP contribution < -0.4 is 9.47 Å². The highest BCUT2D eigenvalue weighted by molar-refractivity contribution is 5.81. The van der Waals surface area contributed by atoms with Crippen molar-refractivity contribution in [3.05, 3.63) is 37.1 Å². The largest absolute Gasteiger partial charge is 0.490 e. The number of fused-ring (bicyclic) bond motifs is 1. The van der Waals surface area contributed by atoms with Crippen LogP contribution in [0.1, 0.15) is 12.8 Å². The summed E-state index contributed by atoms with van der Waals surface area (Å²) in [6.45, 7) is 0.682. The fraction of sp³-hybridized carbons (Fsp3) is 0.400. The van der Waals surface area contributed by atoms with Crippen molar-refractivity contribution in [2.24, 2.45) is 10.2 Å². The van der Waals surface area contributed by atoms with Crippen LogP contribution in [0.5, 0.6) is 11.5 Å². The molecule has 0 amide bonds. The molecule has 0 bridgehead atoms. The second-order valence-corrected chi connectivity index (χ2v) is 3.96. The first-order chi connectivity index (χ1) is 10.2. The number of nitrogens with zero attached hydrogens (tertiary/aromatic N) is 7. The lowest BCUT2D eigenvalue weighted by molar-refractivity contribution is -0.383. The molecule has 0 fully saturated rings. The van der Waals surface area contributed by atoms with Crippen molar-refractivity contribution >= 4 is 17.1 Å². The van der Waals surface area contributed by atoms with Crippen molar-refractivity contribution in [2.45, 2.75) is 12.8 Å². The average Bonchev–Trinajstić information content (AvgIpc) is 2.41. The number of ether oxygens (including phenoxy) is 2. The standard InChI is InChI=1S/C10H9N7O4/c11-15-13-6-5-7-10(21-4-2-1-3-20-7)8(14-16-12)9(6)17(18)19/h5H,1-4H2. The first-order valence-electron chi connectivity index (χ1n) is 5.90. The van der Waals surface area contributed by atoms with Crippen molar-refractivity contribution in [1.29, 1.82) is 0 Å². The number of nitro groups is 1. The molecule has 0 saturated heterocycles. The van der Waals surface area contributed by atoms with Crippen molar-refractivity contribution in [3.8, 4) is 11.5 Å². The number of hydrogen-bond acceptors (Lipinski definition) is 6. The Morgan fingerprint density at radius 2 is 1.86 bits per heavy atom. The minimum absolute atomic E-state index is 0.0175. The predicted octanol–water partition coefficient (Wildman–Crippen LogP) is 4.03. The summed E-state index contributed by atoms with van der Waals surface area (Å²) in [6.07, 6.45) is 1.44. The lowest BCUT2D eigenvalue weighted by Gasteiger charge is -2.18. The van der Waals surface area contributed by atoms with Gasteiger partial charge in [-0.2, -0.15) is 0 Å². The monoisotopic (exact) mass is 291 g/mol. The lowest BCUT2D eigenvalue weighted by Crippen LogP contribution is -2.09. The molecule has 0 aliphatic carbocycles. The predicted molar refractivity (Wildman–Crippen MR) is 70.9 cm³/mol. The lowest BCUT2D eigenvalue weighted by atomic mass is 10.2. The minimum atomic E-state index is -0.795. The molecule has 0 atom stereocenters. The van der Waals surface area contributed by atoms with E-state index in [1.54, 1.807) is 0 Å². The van der Waals surface area contributed by atoms with Crippen molar-refractivity contribution in [1.82, 2.24) is 0 Å². The maximum absolute atomic E-state index is 11.2. The first kappa shape index (κ1) is 14.3. The van der Waals surface area contributed by atoms with Crippen LogP contribution in [0.2, 0.25) is 0 Å². The third-order valence-electron chi connectivity index (χ3n) is 2.70. The molecule has 1 aromatic carbocycles. The summed E-state index contributed by atoms with van der Waals surface area (Å²) < 4.78 is 10.8. The molecular formula is C10H9N7O4. The third kappa shape index (κ3) is 2.89. The molecule has 1 aliphatic heterocycles. The van der Waals surface area contributed by atoms with E-state index in [0.717, 1.165) is 6.42 Å². The van der Waals surface area contributed by atoms with Gasteiger partial charge in [0.1, 0.15) is 5.69 Å². The van der Waals surface area contributed by atoms with E-state index in [4.69, 9.17) is 20.5 Å². The van der Waals surface area contributed by atoms with Gasteiger partial charge >= 0.3 is 0 Å². The Morgan fingerprint density at radius 1 is 1.19 bits per heavy atom. The van der Waals surface area contributed by atoms with Crippen LogP contribution in [0.3, 0.4) is 0 Å². The highest BCUT2D eigenvalue weighted by atomic mass is 16.6. The van der Waals surface area contributed by atoms with Crippen molar-refractivity contribution in [2.75, 3.05) is 13.2 Å². The molecule has 0 unspecified atom stereocenters. The van der Waals surface area contributed by atoms with E-state index in [2.05, 4.69) is 20.1 Å². The van der Waals surface area contributed by atoms with Gasteiger partial charge in [0.15, 0.2) is 17.2 Å². The van der Waals surface area contributed by atoms with Crippen LogP contribution in [0.15, 0.2) is 16.3 Å². The van der Waals surface area contributed by atoms with Gasteiger partial charge in [0.25, 0.3) is 5.69 Å². The maximum Gasteiger partial charge on any atom is 0.292 e. The van der Waals surface area contributed by atoms with E-state index in [0.29, 0.717) is 19.6 Å². The van der Waals surface area contributed by atoms with Crippen LogP contribution in [0, 0.1) is 10.1 Å². The molecule has 0 saturated carbocycles. The van der Waals surface area contributed by atoms with Crippen LogP contribution in [-0.4, -0.2) is 18.1 Å². The van der Waals surface area contributed by atoms with E-state index in [9.17, 15) is 10.1 Å². The van der Waals surface area contributed by atoms with Gasteiger partial charge in [-0.15, -0.1) is 0 Å². The number of benzene rings is 1. The van der Waals surface area contributed by atoms with Gasteiger partial charge in [0.2, 0.25) is 0 Å². The Balaban J connectivity index is 2.78. The molecule has 2 rings (SSSR count). The normalized spacial score (nSPS) is 13.1. The zero-order valence-corrected chi connectivity index (χ0v) is 10.7. The Hall–Kier alpha value is -3.16. The smallest absolute Gasteiger partial charge is 0.292 e. The van der Waals surface area contributed by atoms with E-state index in [1.165, 1.54) is 6.07 Å². The number of hydrogen-bond donors (Lipinski definition) is 0. The molecule has 1 aliphatic rings. The van der Waals surface area contributed by atoms with Crippen LogP contribution in [0.25, 0.3) is 20.9 Å². The van der Waals surface area contributed by atoms with Gasteiger partial charge in [-0.3, -0.25) is 10.1 Å². The molecule has 0 N–H and O–H groups in total. The molecule has 11 nitrogen and oxygen atoms in total. The topological polar surface area (TPSA) is 159 Å². The molecule has 0 aromatic heterocycles. The van der Waals surface area contributed by atoms with Gasteiger partial charge in [0, 0.05) is 15.9 Å². The molecule has 0 radical (unpaired) electrons. The Bertz CT molecular complexity index is 676. The van der Waals surface area contributed by atoms with E-state index >= 15 is 0 Å². The molecule has 11 heteroatoms. The molecule has 0 spiro atoms. The summed E-state index contributed by atoms with van der Waals surface area (Å²) in [5.74, 6) is 0.126. The highest BCUT2D eigenvalue weighted by Crippen LogP contribution is 2.50. The highest BCUT2D eigenvalue weighted by Gasteiger charge is 2.27. The van der Waals surface area contributed by atoms with E-state index in [1.807, 2.05) is 0 Å². The van der Waals surface area contributed by atoms with Gasteiger partial charge in [-0.1, -0.05) is 5.11 Å². The van der Waals surface area contributed by atoms with Gasteiger partial charge in [0.05, 0.1) is 18.1 Å². The van der Waals surface area contributed by atoms with Crippen LogP contribution in [0.4, 0.5) is 17.1 Å². The summed E-state index contributed by atoms with van der Waals surface area (Å²) in [5.41, 5.74) is 15.8. The summed E-state index contributed by atoms with van der Waals surface area (Å²) in [4.78, 5) is 15.5. The second-order valence-electron chi connectivity index (χ2n) is 3.96. The third-order valence-corrected chi connectivity index (χ3v) is 2.70. The molecule has 21 heavy (non-hydrogen) atoms. The van der Waals surface area contributed by atoms with Gasteiger partial charge < -0.3 is 9.47 Å². The second kappa shape index (κ2) is 6.33. The number of rotatable bonds is 3. The maximum atomic E-state index is 11.2. The van der Waals surface area contributed by atoms with Crippen molar-refractivity contribution < 1.29 is 14.4 Å². The first-order valence-corrected chi connectivity index (χ1v) is 5.90. The van der Waals surface area contributed by atoms with Gasteiger partial charge in [-0.05, 0) is 29.0 Å². The fourth-order valence-corrected chi connectivity index (χ4v) is 1.85. The number of azide groups is 2. The Labute approximate surface area is 117 Å². The van der Waals surface area contributed by atoms with Crippen molar-refractivity contribution in [3.63, 3.8) is 0 Å². The average molecular weight is 291 g/mol. The SMILES string of the molecule is [N-]=[N+]=Nc1cc2c(c(N=[N+]=[N-])c1[N+](=O)[O-])OCCCCO2. The van der Waals surface area contributed by atoms with E-state index < -0.39 is 10.6 Å². The summed E-state index contributed by atoms with van der Waals surface area (Å²) in [6, 6.07) is 1.20. The van der Waals surface area contributed by atoms with E-state index in [-0.39, 0.29) is 22.9 Å². The van der Waals surface area contributed by atoms with Crippen LogP contribution in [-0.2, 0) is 0 Å². The Morgan fingerprint density at radius 3 is 2.48 bits per heavy atom. The quantitative estimate of drug-likeness (QED) is 0.270. The molecule has 1 aromatic rings. The molecular weight excluding hydrogens is 282 g/mol. The van der Waals surface area contributed by atoms with Gasteiger partial charge in [-0.25, -0.2) is 0 Å². The number of nitro benzene ring substituents is 1. The minimum Gasteiger partial charge on any atom is -0.490 e. The summed E-state index contributed by atoms with van der Waals surface area (Å²) in [7, 11) is 0. The summed E-state index contributed by atoms with van der Waals surface area (Å²) >= 11 is 0. The zero-order valence-electron chi connectivity index (χ0n) is 10.7. The Kier molecular flexibility index (Phi) is 4.30. The summed E-state index contributed by atoms with van der Waals surface area (Å²) in [5, 5.41) is 17.7. The fourth-order valence-electron chi connectivity index (χ4n) is 1.85. The molecule has 108 valence electrons. The zero-order chi connectivity index (χ0) is 15.2. The van der Waals surface area contributed by atoms with Crippen LogP contribution >= 0.6 is 0 Å². The molecule has 1 heterocycles.